The lowest BCUT2D eigenvalue weighted by molar-refractivity contribution is -0.127. The molecule has 128 valence electrons. The number of fused-ring (bicyclic) bond motifs is 1. The number of amides is 2. The summed E-state index contributed by atoms with van der Waals surface area (Å²) < 4.78 is 5.82. The van der Waals surface area contributed by atoms with Gasteiger partial charge in [-0.15, -0.1) is 0 Å². The highest BCUT2D eigenvalue weighted by molar-refractivity contribution is 5.96. The number of rotatable bonds is 3. The third-order valence-corrected chi connectivity index (χ3v) is 5.28. The Labute approximate surface area is 142 Å². The lowest BCUT2D eigenvalue weighted by Gasteiger charge is -2.23. The van der Waals surface area contributed by atoms with E-state index in [0.717, 1.165) is 30.4 Å². The van der Waals surface area contributed by atoms with Gasteiger partial charge in [-0.25, -0.2) is 0 Å². The van der Waals surface area contributed by atoms with Crippen LogP contribution in [0.15, 0.2) is 18.2 Å². The predicted octanol–water partition coefficient (Wildman–Crippen LogP) is 1.81. The minimum atomic E-state index is -0.243. The number of likely N-dealkylation sites (tertiary alicyclic amines) is 1. The molecular weight excluding hydrogens is 304 g/mol. The fourth-order valence-electron chi connectivity index (χ4n) is 4.03. The largest absolute Gasteiger partial charge is 0.375 e. The summed E-state index contributed by atoms with van der Waals surface area (Å²) in [6, 6.07) is 6.28. The molecule has 2 aliphatic heterocycles. The zero-order chi connectivity index (χ0) is 16.8. The molecule has 5 heteroatoms. The van der Waals surface area contributed by atoms with E-state index in [1.807, 2.05) is 30.9 Å². The Balaban J connectivity index is 1.56. The molecule has 0 spiro atoms. The minimum absolute atomic E-state index is 0.0176. The number of nitrogens with one attached hydrogen (secondary N) is 1. The maximum atomic E-state index is 13.0. The number of hydrogen-bond donors (Lipinski definition) is 1. The summed E-state index contributed by atoms with van der Waals surface area (Å²) in [5.74, 6) is -0.179. The van der Waals surface area contributed by atoms with Crippen LogP contribution in [0.1, 0.15) is 40.7 Å². The number of carbonyl (C=O) groups is 2. The van der Waals surface area contributed by atoms with E-state index in [-0.39, 0.29) is 29.9 Å². The van der Waals surface area contributed by atoms with Crippen molar-refractivity contribution in [2.75, 3.05) is 13.2 Å². The monoisotopic (exact) mass is 328 g/mol. The Kier molecular flexibility index (Phi) is 3.83. The maximum absolute atomic E-state index is 13.0. The van der Waals surface area contributed by atoms with Gasteiger partial charge in [0.1, 0.15) is 0 Å². The Morgan fingerprint density at radius 2 is 1.83 bits per heavy atom. The number of nitrogens with zero attached hydrogens (tertiary/aromatic N) is 1. The average molecular weight is 328 g/mol. The van der Waals surface area contributed by atoms with Gasteiger partial charge < -0.3 is 15.0 Å². The number of hydrogen-bond acceptors (Lipinski definition) is 3. The van der Waals surface area contributed by atoms with Gasteiger partial charge in [0.05, 0.1) is 18.1 Å². The lowest BCUT2D eigenvalue weighted by atomic mass is 10.0. The summed E-state index contributed by atoms with van der Waals surface area (Å²) >= 11 is 0. The molecule has 1 aliphatic carbocycles. The van der Waals surface area contributed by atoms with Crippen LogP contribution in [0.3, 0.4) is 0 Å². The zero-order valence-electron chi connectivity index (χ0n) is 14.2. The summed E-state index contributed by atoms with van der Waals surface area (Å²) in [6.45, 7) is 5.08. The number of aryl methyl sites for hydroxylation is 2. The van der Waals surface area contributed by atoms with E-state index in [9.17, 15) is 9.59 Å². The van der Waals surface area contributed by atoms with Crippen molar-refractivity contribution in [2.45, 2.75) is 51.3 Å². The van der Waals surface area contributed by atoms with Crippen molar-refractivity contribution in [3.8, 4) is 0 Å². The van der Waals surface area contributed by atoms with E-state index in [2.05, 4.69) is 11.4 Å². The highest BCUT2D eigenvalue weighted by Crippen LogP contribution is 2.35. The average Bonchev–Trinajstić information content (AvgIpc) is 3.08. The molecule has 1 aromatic rings. The highest BCUT2D eigenvalue weighted by atomic mass is 16.5. The molecule has 1 aromatic carbocycles. The Hall–Kier alpha value is -1.88. The smallest absolute Gasteiger partial charge is 0.254 e. The first-order chi connectivity index (χ1) is 11.5. The van der Waals surface area contributed by atoms with Gasteiger partial charge in [-0.05, 0) is 45.2 Å². The van der Waals surface area contributed by atoms with Gasteiger partial charge in [-0.3, -0.25) is 9.59 Å². The Morgan fingerprint density at radius 3 is 2.50 bits per heavy atom. The van der Waals surface area contributed by atoms with Crippen molar-refractivity contribution in [2.24, 2.45) is 5.92 Å². The van der Waals surface area contributed by atoms with Gasteiger partial charge in [0.2, 0.25) is 5.91 Å². The molecular formula is C19H24N2O3. The Bertz CT molecular complexity index is 663. The van der Waals surface area contributed by atoms with Crippen LogP contribution in [0.25, 0.3) is 0 Å². The molecule has 1 saturated carbocycles. The van der Waals surface area contributed by atoms with E-state index in [4.69, 9.17) is 4.74 Å². The van der Waals surface area contributed by atoms with Gasteiger partial charge in [0.15, 0.2) is 0 Å². The van der Waals surface area contributed by atoms with Crippen LogP contribution in [0, 0.1) is 19.8 Å². The molecule has 3 aliphatic rings. The van der Waals surface area contributed by atoms with Crippen molar-refractivity contribution in [3.05, 3.63) is 34.9 Å². The first-order valence-corrected chi connectivity index (χ1v) is 8.84. The summed E-state index contributed by atoms with van der Waals surface area (Å²) in [4.78, 5) is 27.4. The van der Waals surface area contributed by atoms with Crippen LogP contribution in [0.2, 0.25) is 0 Å². The van der Waals surface area contributed by atoms with E-state index >= 15 is 0 Å². The van der Waals surface area contributed by atoms with E-state index in [0.29, 0.717) is 24.8 Å². The SMILES string of the molecule is Cc1cc(C)cc(C(=O)N2C[C@H](C(=O)NC3CC3)[C@H]3OCC[C@@H]32)c1. The second-order valence-electron chi connectivity index (χ2n) is 7.41. The third-order valence-electron chi connectivity index (χ3n) is 5.28. The fraction of sp³-hybridized carbons (Fsp3) is 0.579. The molecule has 3 fully saturated rings. The number of ether oxygens (including phenoxy) is 1. The van der Waals surface area contributed by atoms with Crippen molar-refractivity contribution in [3.63, 3.8) is 0 Å². The topological polar surface area (TPSA) is 58.6 Å². The van der Waals surface area contributed by atoms with E-state index < -0.39 is 0 Å². The van der Waals surface area contributed by atoms with Crippen LogP contribution in [-0.2, 0) is 9.53 Å². The molecule has 5 nitrogen and oxygen atoms in total. The molecule has 2 amide bonds. The van der Waals surface area contributed by atoms with Crippen LogP contribution < -0.4 is 5.32 Å². The van der Waals surface area contributed by atoms with Crippen LogP contribution in [-0.4, -0.2) is 48.1 Å². The first-order valence-electron chi connectivity index (χ1n) is 8.84. The second-order valence-corrected chi connectivity index (χ2v) is 7.41. The Morgan fingerprint density at radius 1 is 1.12 bits per heavy atom. The standard InChI is InChI=1S/C19H24N2O3/c1-11-7-12(2)9-13(8-11)19(23)21-10-15(17-16(21)5-6-24-17)18(22)20-14-3-4-14/h7-9,14-17H,3-6,10H2,1-2H3,(H,20,22)/t15-,16-,17+/m0/s1. The minimum Gasteiger partial charge on any atom is -0.375 e. The second kappa shape index (κ2) is 5.88. The van der Waals surface area contributed by atoms with E-state index in [1.54, 1.807) is 0 Å². The van der Waals surface area contributed by atoms with Crippen molar-refractivity contribution < 1.29 is 14.3 Å². The van der Waals surface area contributed by atoms with Crippen LogP contribution >= 0.6 is 0 Å². The van der Waals surface area contributed by atoms with E-state index in [1.165, 1.54) is 0 Å². The molecule has 2 saturated heterocycles. The van der Waals surface area contributed by atoms with Crippen LogP contribution in [0.5, 0.6) is 0 Å². The van der Waals surface area contributed by atoms with Crippen molar-refractivity contribution in [1.82, 2.24) is 10.2 Å². The molecule has 0 aromatic heterocycles. The molecule has 24 heavy (non-hydrogen) atoms. The van der Waals surface area contributed by atoms with Gasteiger partial charge >= 0.3 is 0 Å². The molecule has 2 heterocycles. The predicted molar refractivity (Wildman–Crippen MR) is 89.8 cm³/mol. The first kappa shape index (κ1) is 15.6. The molecule has 0 unspecified atom stereocenters. The molecule has 3 atom stereocenters. The fourth-order valence-corrected chi connectivity index (χ4v) is 4.03. The molecule has 0 bridgehead atoms. The summed E-state index contributed by atoms with van der Waals surface area (Å²) in [5.41, 5.74) is 2.88. The third kappa shape index (κ3) is 2.81. The highest BCUT2D eigenvalue weighted by Gasteiger charge is 2.51. The summed E-state index contributed by atoms with van der Waals surface area (Å²) in [5, 5.41) is 3.07. The van der Waals surface area contributed by atoms with Crippen molar-refractivity contribution in [1.29, 1.82) is 0 Å². The zero-order valence-corrected chi connectivity index (χ0v) is 14.2. The van der Waals surface area contributed by atoms with Gasteiger partial charge in [-0.2, -0.15) is 0 Å². The lowest BCUT2D eigenvalue weighted by Crippen LogP contribution is -2.39. The molecule has 4 rings (SSSR count). The quantitative estimate of drug-likeness (QED) is 0.921. The number of carbonyl (C=O) groups excluding carboxylic acids is 2. The molecule has 0 radical (unpaired) electrons. The van der Waals surface area contributed by atoms with Crippen LogP contribution in [0.4, 0.5) is 0 Å². The van der Waals surface area contributed by atoms with Gasteiger partial charge in [0, 0.05) is 24.8 Å². The normalized spacial score (nSPS) is 28.8. The maximum Gasteiger partial charge on any atom is 0.254 e. The van der Waals surface area contributed by atoms with Gasteiger partial charge in [-0.1, -0.05) is 17.2 Å². The number of benzene rings is 1. The summed E-state index contributed by atoms with van der Waals surface area (Å²) in [7, 11) is 0. The van der Waals surface area contributed by atoms with Crippen molar-refractivity contribution >= 4 is 11.8 Å². The molecule has 1 N–H and O–H groups in total. The summed E-state index contributed by atoms with van der Waals surface area (Å²) in [6.07, 6.45) is 2.80. The van der Waals surface area contributed by atoms with Gasteiger partial charge in [0.25, 0.3) is 5.91 Å².